The highest BCUT2D eigenvalue weighted by molar-refractivity contribution is 7.98. The van der Waals surface area contributed by atoms with Crippen LogP contribution in [-0.4, -0.2) is 10.1 Å². The van der Waals surface area contributed by atoms with E-state index in [1.165, 1.54) is 5.56 Å². The molecule has 0 N–H and O–H groups in total. The maximum atomic E-state index is 5.13. The molecule has 0 fully saturated rings. The third-order valence-electron chi connectivity index (χ3n) is 2.23. The average molecular weight is 234 g/mol. The van der Waals surface area contributed by atoms with Gasteiger partial charge in [-0.05, 0) is 19.4 Å². The molecule has 0 spiro atoms. The van der Waals surface area contributed by atoms with E-state index in [2.05, 4.69) is 41.3 Å². The highest BCUT2D eigenvalue weighted by Crippen LogP contribution is 2.29. The van der Waals surface area contributed by atoms with E-state index in [1.54, 1.807) is 11.8 Å². The summed E-state index contributed by atoms with van der Waals surface area (Å²) < 4.78 is 5.13. The monoisotopic (exact) mass is 234 g/mol. The maximum Gasteiger partial charge on any atom is 0.239 e. The van der Waals surface area contributed by atoms with E-state index < -0.39 is 0 Å². The Bertz CT molecular complexity index is 441. The van der Waals surface area contributed by atoms with Crippen molar-refractivity contribution in [2.24, 2.45) is 0 Å². The molecule has 0 aliphatic carbocycles. The fraction of sp³-hybridized carbons (Fsp3) is 0.333. The first kappa shape index (κ1) is 11.2. The van der Waals surface area contributed by atoms with Crippen LogP contribution < -0.4 is 0 Å². The van der Waals surface area contributed by atoms with Crippen molar-refractivity contribution >= 4 is 11.8 Å². The third-order valence-corrected chi connectivity index (χ3v) is 3.44. The summed E-state index contributed by atoms with van der Waals surface area (Å²) in [6, 6.07) is 10.4. The smallest absolute Gasteiger partial charge is 0.239 e. The number of benzene rings is 1. The molecule has 0 saturated carbocycles. The van der Waals surface area contributed by atoms with Crippen molar-refractivity contribution < 1.29 is 4.52 Å². The molecule has 4 heteroatoms. The molecule has 1 heterocycles. The van der Waals surface area contributed by atoms with Crippen molar-refractivity contribution in [2.75, 3.05) is 0 Å². The SMILES string of the molecule is Cc1noc([C@@H](C)SCc2ccccc2)n1. The van der Waals surface area contributed by atoms with E-state index in [-0.39, 0.29) is 5.25 Å². The van der Waals surface area contributed by atoms with Crippen LogP contribution in [0.4, 0.5) is 0 Å². The molecular weight excluding hydrogens is 220 g/mol. The molecule has 0 radical (unpaired) electrons. The lowest BCUT2D eigenvalue weighted by molar-refractivity contribution is 0.376. The predicted octanol–water partition coefficient (Wildman–Crippen LogP) is 3.37. The summed E-state index contributed by atoms with van der Waals surface area (Å²) in [6.45, 7) is 3.92. The fourth-order valence-corrected chi connectivity index (χ4v) is 2.22. The van der Waals surface area contributed by atoms with Gasteiger partial charge in [0.25, 0.3) is 0 Å². The second-order valence-corrected chi connectivity index (χ2v) is 4.95. The lowest BCUT2D eigenvalue weighted by atomic mass is 10.2. The minimum absolute atomic E-state index is 0.237. The second kappa shape index (κ2) is 5.16. The molecule has 0 amide bonds. The van der Waals surface area contributed by atoms with Gasteiger partial charge in [0.2, 0.25) is 5.89 Å². The zero-order valence-corrected chi connectivity index (χ0v) is 10.2. The summed E-state index contributed by atoms with van der Waals surface area (Å²) in [7, 11) is 0. The first-order chi connectivity index (χ1) is 7.75. The van der Waals surface area contributed by atoms with Gasteiger partial charge in [-0.3, -0.25) is 0 Å². The van der Waals surface area contributed by atoms with Crippen molar-refractivity contribution in [3.8, 4) is 0 Å². The Hall–Kier alpha value is -1.29. The lowest BCUT2D eigenvalue weighted by Gasteiger charge is -2.05. The van der Waals surface area contributed by atoms with Gasteiger partial charge in [-0.15, -0.1) is 11.8 Å². The van der Waals surface area contributed by atoms with Gasteiger partial charge in [-0.2, -0.15) is 4.98 Å². The molecule has 1 aromatic carbocycles. The zero-order chi connectivity index (χ0) is 11.4. The molecule has 0 unspecified atom stereocenters. The molecule has 16 heavy (non-hydrogen) atoms. The first-order valence-corrected chi connectivity index (χ1v) is 6.26. The standard InChI is InChI=1S/C12H14N2OS/c1-9(12-13-10(2)14-15-12)16-8-11-6-4-3-5-7-11/h3-7,9H,8H2,1-2H3/t9-/m1/s1. The molecule has 2 rings (SSSR count). The van der Waals surface area contributed by atoms with Crippen molar-refractivity contribution in [2.45, 2.75) is 24.9 Å². The Balaban J connectivity index is 1.91. The quantitative estimate of drug-likeness (QED) is 0.813. The Morgan fingerprint density at radius 1 is 1.31 bits per heavy atom. The summed E-state index contributed by atoms with van der Waals surface area (Å²) >= 11 is 1.80. The van der Waals surface area contributed by atoms with E-state index in [1.807, 2.05) is 13.0 Å². The van der Waals surface area contributed by atoms with Gasteiger partial charge in [-0.25, -0.2) is 0 Å². The van der Waals surface area contributed by atoms with Gasteiger partial charge >= 0.3 is 0 Å². The van der Waals surface area contributed by atoms with Crippen LogP contribution in [0.3, 0.4) is 0 Å². The van der Waals surface area contributed by atoms with Crippen molar-refractivity contribution in [3.63, 3.8) is 0 Å². The van der Waals surface area contributed by atoms with Crippen LogP contribution in [0.25, 0.3) is 0 Å². The molecule has 84 valence electrons. The van der Waals surface area contributed by atoms with E-state index >= 15 is 0 Å². The highest BCUT2D eigenvalue weighted by atomic mass is 32.2. The number of rotatable bonds is 4. The van der Waals surface area contributed by atoms with Gasteiger partial charge in [0.1, 0.15) is 0 Å². The van der Waals surface area contributed by atoms with Crippen LogP contribution in [0.5, 0.6) is 0 Å². The molecule has 0 saturated heterocycles. The number of hydrogen-bond donors (Lipinski definition) is 0. The number of aromatic nitrogens is 2. The maximum absolute atomic E-state index is 5.13. The van der Waals surface area contributed by atoms with Crippen molar-refractivity contribution in [1.29, 1.82) is 0 Å². The lowest BCUT2D eigenvalue weighted by Crippen LogP contribution is -1.90. The number of aryl methyl sites for hydroxylation is 1. The largest absolute Gasteiger partial charge is 0.338 e. The van der Waals surface area contributed by atoms with E-state index in [4.69, 9.17) is 4.52 Å². The minimum Gasteiger partial charge on any atom is -0.338 e. The van der Waals surface area contributed by atoms with Crippen LogP contribution in [0, 0.1) is 6.92 Å². The molecule has 3 nitrogen and oxygen atoms in total. The summed E-state index contributed by atoms with van der Waals surface area (Å²) in [4.78, 5) is 4.22. The minimum atomic E-state index is 0.237. The summed E-state index contributed by atoms with van der Waals surface area (Å²) in [6.07, 6.45) is 0. The first-order valence-electron chi connectivity index (χ1n) is 5.21. The summed E-state index contributed by atoms with van der Waals surface area (Å²) in [5.41, 5.74) is 1.32. The molecular formula is C12H14N2OS. The molecule has 0 aliphatic rings. The zero-order valence-electron chi connectivity index (χ0n) is 9.38. The van der Waals surface area contributed by atoms with Crippen LogP contribution in [0.1, 0.15) is 29.5 Å². The van der Waals surface area contributed by atoms with Crippen LogP contribution in [0.2, 0.25) is 0 Å². The van der Waals surface area contributed by atoms with Gasteiger partial charge < -0.3 is 4.52 Å². The number of nitrogens with zero attached hydrogens (tertiary/aromatic N) is 2. The summed E-state index contributed by atoms with van der Waals surface area (Å²) in [5.74, 6) is 2.37. The van der Waals surface area contributed by atoms with Gasteiger partial charge in [0.15, 0.2) is 5.82 Å². The number of hydrogen-bond acceptors (Lipinski definition) is 4. The van der Waals surface area contributed by atoms with Crippen LogP contribution in [-0.2, 0) is 5.75 Å². The topological polar surface area (TPSA) is 38.9 Å². The van der Waals surface area contributed by atoms with E-state index in [0.717, 1.165) is 5.75 Å². The van der Waals surface area contributed by atoms with Gasteiger partial charge in [0, 0.05) is 5.75 Å². The number of thioether (sulfide) groups is 1. The van der Waals surface area contributed by atoms with Gasteiger partial charge in [-0.1, -0.05) is 35.5 Å². The Morgan fingerprint density at radius 2 is 2.06 bits per heavy atom. The molecule has 0 aliphatic heterocycles. The average Bonchev–Trinajstić information content (AvgIpc) is 2.74. The van der Waals surface area contributed by atoms with E-state index in [0.29, 0.717) is 11.7 Å². The summed E-state index contributed by atoms with van der Waals surface area (Å²) in [5, 5.41) is 4.03. The van der Waals surface area contributed by atoms with Crippen molar-refractivity contribution in [1.82, 2.24) is 10.1 Å². The van der Waals surface area contributed by atoms with Crippen molar-refractivity contribution in [3.05, 3.63) is 47.6 Å². The Morgan fingerprint density at radius 3 is 2.69 bits per heavy atom. The third kappa shape index (κ3) is 2.85. The second-order valence-electron chi connectivity index (χ2n) is 3.62. The molecule has 0 bridgehead atoms. The molecule has 2 aromatic rings. The van der Waals surface area contributed by atoms with Crippen LogP contribution >= 0.6 is 11.8 Å². The Kier molecular flexibility index (Phi) is 3.62. The predicted molar refractivity (Wildman–Crippen MR) is 65.2 cm³/mol. The van der Waals surface area contributed by atoms with Gasteiger partial charge in [0.05, 0.1) is 5.25 Å². The molecule has 1 atom stereocenters. The Labute approximate surface area is 99.3 Å². The van der Waals surface area contributed by atoms with Crippen LogP contribution in [0.15, 0.2) is 34.9 Å². The normalized spacial score (nSPS) is 12.6. The van der Waals surface area contributed by atoms with E-state index in [9.17, 15) is 0 Å². The highest BCUT2D eigenvalue weighted by Gasteiger charge is 2.12. The fourth-order valence-electron chi connectivity index (χ4n) is 1.34. The molecule has 1 aromatic heterocycles.